The molecule has 4 aromatic rings. The summed E-state index contributed by atoms with van der Waals surface area (Å²) in [6.45, 7) is 2.80. The van der Waals surface area contributed by atoms with Crippen molar-refractivity contribution in [1.82, 2.24) is 15.0 Å². The number of anilines is 1. The summed E-state index contributed by atoms with van der Waals surface area (Å²) in [5.41, 5.74) is 4.25. The van der Waals surface area contributed by atoms with Gasteiger partial charge in [0.25, 0.3) is 5.91 Å². The number of carbonyl (C=O) groups excluding carboxylic acids is 1. The lowest BCUT2D eigenvalue weighted by atomic mass is 10.1. The minimum Gasteiger partial charge on any atom is -0.493 e. The zero-order valence-electron chi connectivity index (χ0n) is 18.1. The third kappa shape index (κ3) is 4.70. The summed E-state index contributed by atoms with van der Waals surface area (Å²) in [6.07, 6.45) is 3.51. The smallest absolute Gasteiger partial charge is 0.256 e. The highest BCUT2D eigenvalue weighted by molar-refractivity contribution is 6.05. The Morgan fingerprint density at radius 2 is 1.91 bits per heavy atom. The number of fused-ring (bicyclic) bond motifs is 1. The number of carbonyl (C=O) groups is 1. The number of pyridine rings is 2. The Labute approximate surface area is 185 Å². The molecule has 3 aromatic heterocycles. The number of H-pyrrole nitrogens is 1. The van der Waals surface area contributed by atoms with E-state index in [-0.39, 0.29) is 5.91 Å². The Morgan fingerprint density at radius 3 is 2.69 bits per heavy atom. The molecule has 0 saturated heterocycles. The lowest BCUT2D eigenvalue weighted by Gasteiger charge is -2.12. The van der Waals surface area contributed by atoms with Gasteiger partial charge in [0.15, 0.2) is 11.5 Å². The number of nitrogens with zero attached hydrogens (tertiary/aromatic N) is 2. The molecule has 0 aliphatic rings. The van der Waals surface area contributed by atoms with Crippen molar-refractivity contribution in [3.63, 3.8) is 0 Å². The molecule has 1 amide bonds. The second-order valence-electron chi connectivity index (χ2n) is 7.19. The normalized spacial score (nSPS) is 10.8. The highest BCUT2D eigenvalue weighted by Gasteiger charge is 2.13. The maximum Gasteiger partial charge on any atom is 0.256 e. The largest absolute Gasteiger partial charge is 0.493 e. The SMILES string of the molecule is COCCOc1ccc(C(=O)Nc2cc3[nH]c(-c4ccnc(C)c4)cc3cn2)cc1OC. The van der Waals surface area contributed by atoms with Gasteiger partial charge in [-0.25, -0.2) is 4.98 Å². The highest BCUT2D eigenvalue weighted by Crippen LogP contribution is 2.29. The Morgan fingerprint density at radius 1 is 1.03 bits per heavy atom. The zero-order valence-corrected chi connectivity index (χ0v) is 18.1. The fourth-order valence-electron chi connectivity index (χ4n) is 3.31. The third-order valence-corrected chi connectivity index (χ3v) is 4.92. The molecule has 0 saturated carbocycles. The van der Waals surface area contributed by atoms with E-state index in [4.69, 9.17) is 14.2 Å². The second kappa shape index (κ2) is 9.49. The Balaban J connectivity index is 1.52. The van der Waals surface area contributed by atoms with Gasteiger partial charge in [-0.15, -0.1) is 0 Å². The molecule has 0 aliphatic carbocycles. The summed E-state index contributed by atoms with van der Waals surface area (Å²) in [4.78, 5) is 24.8. The van der Waals surface area contributed by atoms with E-state index in [1.54, 1.807) is 37.7 Å². The van der Waals surface area contributed by atoms with Crippen molar-refractivity contribution < 1.29 is 19.0 Å². The molecule has 1 aromatic carbocycles. The number of aromatic amines is 1. The van der Waals surface area contributed by atoms with Crippen LogP contribution in [-0.4, -0.2) is 48.3 Å². The number of aryl methyl sites for hydroxylation is 1. The predicted octanol–water partition coefficient (Wildman–Crippen LogP) is 4.22. The minimum absolute atomic E-state index is 0.296. The molecular weight excluding hydrogens is 408 g/mol. The minimum atomic E-state index is -0.296. The van der Waals surface area contributed by atoms with Crippen molar-refractivity contribution in [3.05, 3.63) is 66.1 Å². The first-order chi connectivity index (χ1) is 15.6. The fourth-order valence-corrected chi connectivity index (χ4v) is 3.31. The molecule has 8 heteroatoms. The van der Waals surface area contributed by atoms with Crippen LogP contribution >= 0.6 is 0 Å². The van der Waals surface area contributed by atoms with Crippen LogP contribution in [0.3, 0.4) is 0 Å². The first-order valence-electron chi connectivity index (χ1n) is 10.1. The van der Waals surface area contributed by atoms with E-state index in [0.29, 0.717) is 36.1 Å². The molecule has 32 heavy (non-hydrogen) atoms. The van der Waals surface area contributed by atoms with Gasteiger partial charge in [0.1, 0.15) is 12.4 Å². The van der Waals surface area contributed by atoms with Crippen molar-refractivity contribution in [3.8, 4) is 22.8 Å². The monoisotopic (exact) mass is 432 g/mol. The number of amides is 1. The van der Waals surface area contributed by atoms with Crippen LogP contribution in [-0.2, 0) is 4.74 Å². The van der Waals surface area contributed by atoms with E-state index in [2.05, 4.69) is 20.3 Å². The lowest BCUT2D eigenvalue weighted by molar-refractivity contribution is 0.102. The van der Waals surface area contributed by atoms with Crippen LogP contribution in [0.4, 0.5) is 5.82 Å². The second-order valence-corrected chi connectivity index (χ2v) is 7.19. The first-order valence-corrected chi connectivity index (χ1v) is 10.1. The van der Waals surface area contributed by atoms with E-state index in [9.17, 15) is 4.79 Å². The van der Waals surface area contributed by atoms with Crippen LogP contribution in [0.25, 0.3) is 22.2 Å². The van der Waals surface area contributed by atoms with Crippen molar-refractivity contribution in [2.45, 2.75) is 6.92 Å². The van der Waals surface area contributed by atoms with E-state index in [1.807, 2.05) is 31.2 Å². The van der Waals surface area contributed by atoms with Gasteiger partial charge < -0.3 is 24.5 Å². The summed E-state index contributed by atoms with van der Waals surface area (Å²) in [6, 6.07) is 12.8. The van der Waals surface area contributed by atoms with Gasteiger partial charge in [0.2, 0.25) is 0 Å². The summed E-state index contributed by atoms with van der Waals surface area (Å²) in [7, 11) is 3.14. The molecule has 0 radical (unpaired) electrons. The summed E-state index contributed by atoms with van der Waals surface area (Å²) >= 11 is 0. The van der Waals surface area contributed by atoms with Crippen molar-refractivity contribution >= 4 is 22.6 Å². The number of rotatable bonds is 8. The lowest BCUT2D eigenvalue weighted by Crippen LogP contribution is -2.13. The molecule has 164 valence electrons. The molecule has 0 atom stereocenters. The Kier molecular flexibility index (Phi) is 6.32. The van der Waals surface area contributed by atoms with Crippen molar-refractivity contribution in [1.29, 1.82) is 0 Å². The van der Waals surface area contributed by atoms with Gasteiger partial charge in [0.05, 0.1) is 19.2 Å². The molecule has 3 heterocycles. The standard InChI is InChI=1S/C24H24N4O4/c1-15-10-16(6-7-25-15)19-11-18-14-26-23(13-20(18)27-19)28-24(29)17-4-5-21(22(12-17)31-3)32-9-8-30-2/h4-7,10-14,27H,8-9H2,1-3H3,(H,26,28,29). The van der Waals surface area contributed by atoms with Gasteiger partial charge in [-0.05, 0) is 43.3 Å². The summed E-state index contributed by atoms with van der Waals surface area (Å²) in [5, 5.41) is 3.79. The summed E-state index contributed by atoms with van der Waals surface area (Å²) in [5.74, 6) is 1.17. The van der Waals surface area contributed by atoms with Crippen LogP contribution in [0.1, 0.15) is 16.1 Å². The van der Waals surface area contributed by atoms with Gasteiger partial charge in [-0.3, -0.25) is 9.78 Å². The number of ether oxygens (including phenoxy) is 3. The van der Waals surface area contributed by atoms with Crippen LogP contribution < -0.4 is 14.8 Å². The zero-order chi connectivity index (χ0) is 22.5. The number of aromatic nitrogens is 3. The van der Waals surface area contributed by atoms with E-state index >= 15 is 0 Å². The fraction of sp³-hybridized carbons (Fsp3) is 0.208. The van der Waals surface area contributed by atoms with Crippen LogP contribution in [0.2, 0.25) is 0 Å². The number of nitrogens with one attached hydrogen (secondary N) is 2. The van der Waals surface area contributed by atoms with Crippen LogP contribution in [0, 0.1) is 6.92 Å². The molecule has 4 rings (SSSR count). The molecule has 0 spiro atoms. The van der Waals surface area contributed by atoms with Gasteiger partial charge in [0, 0.05) is 53.5 Å². The molecule has 0 fully saturated rings. The van der Waals surface area contributed by atoms with Crippen LogP contribution in [0.5, 0.6) is 11.5 Å². The number of hydrogen-bond acceptors (Lipinski definition) is 6. The third-order valence-electron chi connectivity index (χ3n) is 4.92. The van der Waals surface area contributed by atoms with Crippen LogP contribution in [0.15, 0.2) is 54.9 Å². The predicted molar refractivity (Wildman–Crippen MR) is 122 cm³/mol. The molecule has 8 nitrogen and oxygen atoms in total. The topological polar surface area (TPSA) is 98.4 Å². The maximum absolute atomic E-state index is 12.8. The van der Waals surface area contributed by atoms with E-state index in [1.165, 1.54) is 7.11 Å². The molecule has 2 N–H and O–H groups in total. The quantitative estimate of drug-likeness (QED) is 0.405. The highest BCUT2D eigenvalue weighted by atomic mass is 16.5. The average Bonchev–Trinajstić information content (AvgIpc) is 3.23. The van der Waals surface area contributed by atoms with Gasteiger partial charge in [-0.1, -0.05) is 0 Å². The van der Waals surface area contributed by atoms with Crippen molar-refractivity contribution in [2.24, 2.45) is 0 Å². The summed E-state index contributed by atoms with van der Waals surface area (Å²) < 4.78 is 16.0. The average molecular weight is 432 g/mol. The first kappa shape index (κ1) is 21.3. The Bertz CT molecular complexity index is 1250. The maximum atomic E-state index is 12.8. The van der Waals surface area contributed by atoms with Gasteiger partial charge >= 0.3 is 0 Å². The van der Waals surface area contributed by atoms with Crippen molar-refractivity contribution in [2.75, 3.05) is 32.8 Å². The molecular formula is C24H24N4O4. The van der Waals surface area contributed by atoms with Gasteiger partial charge in [-0.2, -0.15) is 0 Å². The van der Waals surface area contributed by atoms with E-state index < -0.39 is 0 Å². The Hall–Kier alpha value is -3.91. The van der Waals surface area contributed by atoms with E-state index in [0.717, 1.165) is 27.9 Å². The number of hydrogen-bond donors (Lipinski definition) is 2. The number of benzene rings is 1. The molecule has 0 unspecified atom stereocenters. The molecule has 0 bridgehead atoms. The molecule has 0 aliphatic heterocycles. The number of methoxy groups -OCH3 is 2.